The van der Waals surface area contributed by atoms with Crippen molar-refractivity contribution >= 4 is 5.97 Å². The highest BCUT2D eigenvalue weighted by Gasteiger charge is 2.24. The summed E-state index contributed by atoms with van der Waals surface area (Å²) in [6, 6.07) is 0. The van der Waals surface area contributed by atoms with E-state index in [2.05, 4.69) is 9.78 Å². The van der Waals surface area contributed by atoms with Crippen molar-refractivity contribution in [2.45, 2.75) is 12.4 Å². The number of hydrogen-bond donors (Lipinski definition) is 3. The fraction of sp³-hybridized carbons (Fsp3) is 0.750. The van der Waals surface area contributed by atoms with E-state index in [1.54, 1.807) is 0 Å². The highest BCUT2D eigenvalue weighted by molar-refractivity contribution is 5.72. The van der Waals surface area contributed by atoms with E-state index in [9.17, 15) is 4.79 Å². The Morgan fingerprint density at radius 2 is 2.00 bits per heavy atom. The number of aliphatic hydroxyl groups is 2. The van der Waals surface area contributed by atoms with Crippen LogP contribution < -0.4 is 0 Å². The SMILES string of the molecule is COO[C@@H](O)[C@H](O)C(=O)O. The predicted molar refractivity (Wildman–Crippen MR) is 27.7 cm³/mol. The summed E-state index contributed by atoms with van der Waals surface area (Å²) in [5, 5.41) is 25.0. The average molecular weight is 152 g/mol. The smallest absolute Gasteiger partial charge is 0.338 e. The molecule has 0 saturated carbocycles. The second kappa shape index (κ2) is 4.18. The molecular formula is C4H8O6. The molecule has 2 atom stereocenters. The number of carboxylic acid groups (broad SMARTS) is 1. The fourth-order valence-corrected chi connectivity index (χ4v) is 0.273. The van der Waals surface area contributed by atoms with Crippen LogP contribution in [-0.4, -0.2) is 40.8 Å². The van der Waals surface area contributed by atoms with Gasteiger partial charge in [0.15, 0.2) is 0 Å². The Morgan fingerprint density at radius 3 is 2.30 bits per heavy atom. The van der Waals surface area contributed by atoms with Crippen LogP contribution in [0, 0.1) is 0 Å². The van der Waals surface area contributed by atoms with E-state index in [1.807, 2.05) is 0 Å². The Hall–Kier alpha value is -0.690. The number of hydrogen-bond acceptors (Lipinski definition) is 5. The first-order valence-electron chi connectivity index (χ1n) is 2.38. The maximum Gasteiger partial charge on any atom is 0.338 e. The van der Waals surface area contributed by atoms with Gasteiger partial charge in [-0.3, -0.25) is 0 Å². The Bertz CT molecular complexity index is 112. The first-order valence-corrected chi connectivity index (χ1v) is 2.38. The molecule has 0 rings (SSSR count). The summed E-state index contributed by atoms with van der Waals surface area (Å²) in [5.41, 5.74) is 0. The lowest BCUT2D eigenvalue weighted by atomic mass is 10.4. The molecule has 0 aromatic heterocycles. The standard InChI is InChI=1S/C4H8O6/c1-9-10-4(8)2(5)3(6)7/h2,4-5,8H,1H3,(H,6,7)/t2-,4-/m1/s1. The van der Waals surface area contributed by atoms with Gasteiger partial charge in [0, 0.05) is 0 Å². The Balaban J connectivity index is 3.69. The number of aliphatic carboxylic acids is 1. The molecule has 60 valence electrons. The van der Waals surface area contributed by atoms with Crippen molar-refractivity contribution in [1.29, 1.82) is 0 Å². The molecule has 6 heteroatoms. The van der Waals surface area contributed by atoms with Crippen LogP contribution in [0.5, 0.6) is 0 Å². The van der Waals surface area contributed by atoms with Crippen molar-refractivity contribution in [2.75, 3.05) is 7.11 Å². The molecule has 3 N–H and O–H groups in total. The number of carbonyl (C=O) groups is 1. The van der Waals surface area contributed by atoms with Crippen LogP contribution in [0.15, 0.2) is 0 Å². The normalized spacial score (nSPS) is 16.3. The first-order chi connectivity index (χ1) is 4.59. The van der Waals surface area contributed by atoms with E-state index in [1.165, 1.54) is 0 Å². The number of aliphatic hydroxyl groups excluding tert-OH is 2. The van der Waals surface area contributed by atoms with E-state index in [0.29, 0.717) is 0 Å². The van der Waals surface area contributed by atoms with E-state index in [0.717, 1.165) is 7.11 Å². The van der Waals surface area contributed by atoms with Crippen LogP contribution in [0.1, 0.15) is 0 Å². The van der Waals surface area contributed by atoms with Crippen LogP contribution in [-0.2, 0) is 14.6 Å². The molecule has 0 bridgehead atoms. The minimum atomic E-state index is -1.99. The van der Waals surface area contributed by atoms with Gasteiger partial charge in [0.05, 0.1) is 7.11 Å². The molecule has 0 aliphatic rings. The van der Waals surface area contributed by atoms with E-state index < -0.39 is 18.4 Å². The Kier molecular flexibility index (Phi) is 3.89. The Labute approximate surface area is 56.5 Å². The van der Waals surface area contributed by atoms with Crippen molar-refractivity contribution in [3.05, 3.63) is 0 Å². The van der Waals surface area contributed by atoms with Crippen molar-refractivity contribution in [1.82, 2.24) is 0 Å². The number of rotatable bonds is 4. The zero-order valence-corrected chi connectivity index (χ0v) is 5.22. The quantitative estimate of drug-likeness (QED) is 0.253. The van der Waals surface area contributed by atoms with E-state index >= 15 is 0 Å². The molecule has 0 radical (unpaired) electrons. The van der Waals surface area contributed by atoms with Gasteiger partial charge >= 0.3 is 5.97 Å². The van der Waals surface area contributed by atoms with E-state index in [4.69, 9.17) is 15.3 Å². The summed E-state index contributed by atoms with van der Waals surface area (Å²) in [4.78, 5) is 17.7. The molecule has 6 nitrogen and oxygen atoms in total. The summed E-state index contributed by atoms with van der Waals surface area (Å²) < 4.78 is 0. The van der Waals surface area contributed by atoms with Crippen molar-refractivity contribution in [2.24, 2.45) is 0 Å². The van der Waals surface area contributed by atoms with Crippen LogP contribution in [0.4, 0.5) is 0 Å². The summed E-state index contributed by atoms with van der Waals surface area (Å²) in [6.45, 7) is 0. The molecule has 0 fully saturated rings. The third kappa shape index (κ3) is 2.74. The van der Waals surface area contributed by atoms with Gasteiger partial charge in [-0.15, -0.1) is 0 Å². The molecule has 0 aromatic rings. The van der Waals surface area contributed by atoms with Crippen molar-refractivity contribution in [3.8, 4) is 0 Å². The molecule has 0 spiro atoms. The summed E-state index contributed by atoms with van der Waals surface area (Å²) in [6.07, 6.45) is -3.84. The molecular weight excluding hydrogens is 144 g/mol. The average Bonchev–Trinajstić information content (AvgIpc) is 1.87. The third-order valence-corrected chi connectivity index (χ3v) is 0.718. The van der Waals surface area contributed by atoms with Crippen molar-refractivity contribution < 1.29 is 29.9 Å². The predicted octanol–water partition coefficient (Wildman–Crippen LogP) is -1.67. The minimum Gasteiger partial charge on any atom is -0.479 e. The molecule has 0 unspecified atom stereocenters. The summed E-state index contributed by atoms with van der Waals surface area (Å²) >= 11 is 0. The highest BCUT2D eigenvalue weighted by atomic mass is 17.2. The van der Waals surface area contributed by atoms with Gasteiger partial charge in [0.2, 0.25) is 12.4 Å². The molecule has 10 heavy (non-hydrogen) atoms. The third-order valence-electron chi connectivity index (χ3n) is 0.718. The maximum atomic E-state index is 9.87. The largest absolute Gasteiger partial charge is 0.479 e. The van der Waals surface area contributed by atoms with Gasteiger partial charge in [-0.05, 0) is 0 Å². The lowest BCUT2D eigenvalue weighted by molar-refractivity contribution is -0.368. The van der Waals surface area contributed by atoms with Gasteiger partial charge < -0.3 is 15.3 Å². The number of carboxylic acids is 1. The minimum absolute atomic E-state index is 1.08. The zero-order chi connectivity index (χ0) is 8.15. The molecule has 0 amide bonds. The van der Waals surface area contributed by atoms with Gasteiger partial charge in [-0.1, -0.05) is 0 Å². The Morgan fingerprint density at radius 1 is 1.50 bits per heavy atom. The van der Waals surface area contributed by atoms with Crippen LogP contribution >= 0.6 is 0 Å². The lowest BCUT2D eigenvalue weighted by Gasteiger charge is -2.10. The highest BCUT2D eigenvalue weighted by Crippen LogP contribution is 1.94. The topological polar surface area (TPSA) is 96.2 Å². The summed E-state index contributed by atoms with van der Waals surface area (Å²) in [5.74, 6) is -1.58. The first kappa shape index (κ1) is 9.31. The summed E-state index contributed by atoms with van der Waals surface area (Å²) in [7, 11) is 1.08. The zero-order valence-electron chi connectivity index (χ0n) is 5.22. The molecule has 0 aliphatic carbocycles. The van der Waals surface area contributed by atoms with Gasteiger partial charge in [-0.2, -0.15) is 0 Å². The monoisotopic (exact) mass is 152 g/mol. The fourth-order valence-electron chi connectivity index (χ4n) is 0.273. The molecule has 0 aliphatic heterocycles. The van der Waals surface area contributed by atoms with Crippen LogP contribution in [0.3, 0.4) is 0 Å². The van der Waals surface area contributed by atoms with Crippen molar-refractivity contribution in [3.63, 3.8) is 0 Å². The molecule has 0 aromatic carbocycles. The second-order valence-corrected chi connectivity index (χ2v) is 1.44. The van der Waals surface area contributed by atoms with Gasteiger partial charge in [0.25, 0.3) is 0 Å². The second-order valence-electron chi connectivity index (χ2n) is 1.44. The van der Waals surface area contributed by atoms with Crippen LogP contribution in [0.2, 0.25) is 0 Å². The lowest BCUT2D eigenvalue weighted by Crippen LogP contribution is -2.35. The van der Waals surface area contributed by atoms with Crippen LogP contribution in [0.25, 0.3) is 0 Å². The molecule has 0 saturated heterocycles. The van der Waals surface area contributed by atoms with Gasteiger partial charge in [-0.25, -0.2) is 14.6 Å². The van der Waals surface area contributed by atoms with E-state index in [-0.39, 0.29) is 0 Å². The molecule has 0 heterocycles. The van der Waals surface area contributed by atoms with Gasteiger partial charge in [0.1, 0.15) is 0 Å². The maximum absolute atomic E-state index is 9.87.